The van der Waals surface area contributed by atoms with E-state index in [0.717, 1.165) is 93.5 Å². The molecule has 0 spiro atoms. The lowest BCUT2D eigenvalue weighted by Gasteiger charge is -2.37. The summed E-state index contributed by atoms with van der Waals surface area (Å²) in [5.41, 5.74) is 6.51. The maximum atomic E-state index is 13.4. The first-order valence-electron chi connectivity index (χ1n) is 20.5. The summed E-state index contributed by atoms with van der Waals surface area (Å²) >= 11 is 0. The summed E-state index contributed by atoms with van der Waals surface area (Å²) in [4.78, 5) is 58.1. The Morgan fingerprint density at radius 1 is 0.833 bits per heavy atom. The molecule has 6 aromatic rings. The molecule has 0 bridgehead atoms. The topological polar surface area (TPSA) is 178 Å². The lowest BCUT2D eigenvalue weighted by atomic mass is 9.98. The number of fused-ring (bicyclic) bond motifs is 3. The van der Waals surface area contributed by atoms with Crippen LogP contribution in [0.5, 0.6) is 0 Å². The maximum Gasteiger partial charge on any atom is 0.407 e. The lowest BCUT2D eigenvalue weighted by molar-refractivity contribution is -0.139. The second-order valence-corrected chi connectivity index (χ2v) is 15.8. The SMILES string of the molecule is COC(=O)N[C@H]1CCC2CC[C@@H](c3ncc(-c4ccc5cc(/C=C/c6ccc7nc(C8CCCN8C(O)[C@H](NC(=O)OC)c8ccccc8)[nH]c7c6)ccc5c4)[nH]3)N2C1=O. The highest BCUT2D eigenvalue weighted by Gasteiger charge is 2.45. The number of piperidine rings is 1. The van der Waals surface area contributed by atoms with Gasteiger partial charge in [0.15, 0.2) is 0 Å². The number of hydrogen-bond acceptors (Lipinski definition) is 9. The van der Waals surface area contributed by atoms with Crippen LogP contribution in [0.2, 0.25) is 0 Å². The number of rotatable bonds is 10. The molecule has 3 aliphatic rings. The number of ether oxygens (including phenoxy) is 2. The molecule has 5 N–H and O–H groups in total. The van der Waals surface area contributed by atoms with E-state index in [1.165, 1.54) is 14.2 Å². The van der Waals surface area contributed by atoms with E-state index in [4.69, 9.17) is 19.4 Å². The van der Waals surface area contributed by atoms with Crippen LogP contribution < -0.4 is 10.6 Å². The summed E-state index contributed by atoms with van der Waals surface area (Å²) in [6.07, 6.45) is 8.68. The van der Waals surface area contributed by atoms with Gasteiger partial charge in [-0.25, -0.2) is 19.6 Å². The zero-order valence-electron chi connectivity index (χ0n) is 33.5. The Bertz CT molecular complexity index is 2570. The molecule has 14 heteroatoms. The highest BCUT2D eigenvalue weighted by atomic mass is 16.5. The number of aromatic amines is 2. The van der Waals surface area contributed by atoms with Crippen molar-refractivity contribution in [2.45, 2.75) is 75.0 Å². The summed E-state index contributed by atoms with van der Waals surface area (Å²) in [6.45, 7) is 0.656. The second-order valence-electron chi connectivity index (χ2n) is 15.8. The van der Waals surface area contributed by atoms with Crippen LogP contribution >= 0.6 is 0 Å². The minimum Gasteiger partial charge on any atom is -0.453 e. The average Bonchev–Trinajstić information content (AvgIpc) is 4.11. The molecular formula is C46H48N8O6. The Hall–Kier alpha value is -6.51. The minimum absolute atomic E-state index is 0.0851. The number of carbonyl (C=O) groups is 3. The molecule has 14 nitrogen and oxygen atoms in total. The van der Waals surface area contributed by atoms with Gasteiger partial charge in [-0.3, -0.25) is 9.69 Å². The first-order valence-corrected chi connectivity index (χ1v) is 20.5. The van der Waals surface area contributed by atoms with Crippen molar-refractivity contribution in [2.75, 3.05) is 20.8 Å². The van der Waals surface area contributed by atoms with Crippen LogP contribution in [0.3, 0.4) is 0 Å². The van der Waals surface area contributed by atoms with Gasteiger partial charge >= 0.3 is 12.2 Å². The molecule has 3 saturated heterocycles. The van der Waals surface area contributed by atoms with Crippen molar-refractivity contribution in [1.82, 2.24) is 40.4 Å². The first-order chi connectivity index (χ1) is 29.3. The van der Waals surface area contributed by atoms with Gasteiger partial charge in [0.25, 0.3) is 0 Å². The summed E-state index contributed by atoms with van der Waals surface area (Å²) in [7, 11) is 2.61. The van der Waals surface area contributed by atoms with E-state index in [2.05, 4.69) is 75.2 Å². The van der Waals surface area contributed by atoms with Gasteiger partial charge in [0.2, 0.25) is 5.91 Å². The molecule has 0 radical (unpaired) electrons. The zero-order chi connectivity index (χ0) is 41.3. The van der Waals surface area contributed by atoms with E-state index >= 15 is 0 Å². The minimum atomic E-state index is -0.996. The number of aliphatic hydroxyl groups excluding tert-OH is 1. The number of hydrogen-bond donors (Lipinski definition) is 5. The number of methoxy groups -OCH3 is 2. The monoisotopic (exact) mass is 808 g/mol. The van der Waals surface area contributed by atoms with Crippen LogP contribution in [-0.4, -0.2) is 92.0 Å². The van der Waals surface area contributed by atoms with Crippen LogP contribution in [0.25, 0.3) is 45.2 Å². The van der Waals surface area contributed by atoms with Gasteiger partial charge in [-0.05, 0) is 90.3 Å². The van der Waals surface area contributed by atoms with E-state index < -0.39 is 30.5 Å². The maximum absolute atomic E-state index is 13.4. The lowest BCUT2D eigenvalue weighted by Crippen LogP contribution is -2.54. The summed E-state index contributed by atoms with van der Waals surface area (Å²) in [6, 6.07) is 26.8. The van der Waals surface area contributed by atoms with E-state index in [1.54, 1.807) is 0 Å². The van der Waals surface area contributed by atoms with Crippen LogP contribution in [0.1, 0.15) is 85.0 Å². The van der Waals surface area contributed by atoms with Gasteiger partial charge in [-0.1, -0.05) is 72.8 Å². The van der Waals surface area contributed by atoms with Crippen molar-refractivity contribution in [3.8, 4) is 11.3 Å². The van der Waals surface area contributed by atoms with Crippen molar-refractivity contribution in [2.24, 2.45) is 0 Å². The molecule has 3 fully saturated rings. The predicted molar refractivity (Wildman–Crippen MR) is 227 cm³/mol. The largest absolute Gasteiger partial charge is 0.453 e. The molecule has 0 aliphatic carbocycles. The van der Waals surface area contributed by atoms with Gasteiger partial charge in [0.05, 0.1) is 55.3 Å². The standard InChI is InChI=1S/C46H48N8O6/c1-59-45(57)51-35-20-17-33-18-21-39(54(33)43(35)55)41-47-26-37(50-41)32-16-15-30-23-27(12-14-31(30)25-32)10-11-28-13-19-34-36(24-28)49-42(48-34)38-9-6-22-53(38)44(56)40(52-46(58)60-2)29-7-4-3-5-8-29/h3-5,7-8,10-16,19,23-26,33,35,38-40,44,56H,6,9,17-18,20-22H2,1-2H3,(H,47,50)(H,48,49)(H,51,57)(H,52,58)/b11-10+/t33?,35-,38?,39-,40+,44?/m0/s1. The summed E-state index contributed by atoms with van der Waals surface area (Å²) in [5.74, 6) is 1.45. The molecule has 4 aromatic carbocycles. The number of imidazole rings is 2. The Kier molecular flexibility index (Phi) is 10.8. The third kappa shape index (κ3) is 7.71. The smallest absolute Gasteiger partial charge is 0.407 e. The van der Waals surface area contributed by atoms with Crippen molar-refractivity contribution in [3.63, 3.8) is 0 Å². The van der Waals surface area contributed by atoms with E-state index in [0.29, 0.717) is 13.0 Å². The molecule has 60 heavy (non-hydrogen) atoms. The first kappa shape index (κ1) is 39.0. The van der Waals surface area contributed by atoms with Gasteiger partial charge in [-0.2, -0.15) is 0 Å². The van der Waals surface area contributed by atoms with E-state index in [1.807, 2.05) is 58.5 Å². The Balaban J connectivity index is 0.876. The molecule has 3 unspecified atom stereocenters. The summed E-state index contributed by atoms with van der Waals surface area (Å²) < 4.78 is 9.62. The normalized spacial score (nSPS) is 21.6. The number of H-pyrrole nitrogens is 2. The van der Waals surface area contributed by atoms with Crippen LogP contribution in [0.15, 0.2) is 91.1 Å². The summed E-state index contributed by atoms with van der Waals surface area (Å²) in [5, 5.41) is 19.4. The van der Waals surface area contributed by atoms with Crippen LogP contribution in [0, 0.1) is 0 Å². The predicted octanol–water partition coefficient (Wildman–Crippen LogP) is 7.38. The van der Waals surface area contributed by atoms with Crippen molar-refractivity contribution >= 4 is 52.1 Å². The fourth-order valence-electron chi connectivity index (χ4n) is 9.22. The molecule has 0 saturated carbocycles. The third-order valence-corrected chi connectivity index (χ3v) is 12.3. The van der Waals surface area contributed by atoms with Crippen molar-refractivity contribution < 1.29 is 29.0 Å². The van der Waals surface area contributed by atoms with E-state index in [9.17, 15) is 19.5 Å². The Morgan fingerprint density at radius 2 is 1.58 bits per heavy atom. The number of likely N-dealkylation sites (tertiary alicyclic amines) is 1. The quantitative estimate of drug-likeness (QED) is 0.0884. The molecular weight excluding hydrogens is 761 g/mol. The number of benzene rings is 4. The molecule has 5 heterocycles. The van der Waals surface area contributed by atoms with Crippen molar-refractivity contribution in [1.29, 1.82) is 0 Å². The van der Waals surface area contributed by atoms with Crippen LogP contribution in [0.4, 0.5) is 9.59 Å². The molecule has 3 aliphatic heterocycles. The number of nitrogens with zero attached hydrogens (tertiary/aromatic N) is 4. The third-order valence-electron chi connectivity index (χ3n) is 12.3. The number of carbonyl (C=O) groups excluding carboxylic acids is 3. The average molecular weight is 809 g/mol. The molecule has 9 rings (SSSR count). The van der Waals surface area contributed by atoms with Gasteiger partial charge in [0, 0.05) is 18.2 Å². The molecule has 6 atom stereocenters. The van der Waals surface area contributed by atoms with Gasteiger partial charge < -0.3 is 40.1 Å². The van der Waals surface area contributed by atoms with Gasteiger partial charge in [-0.15, -0.1) is 0 Å². The number of aliphatic hydroxyl groups is 1. The van der Waals surface area contributed by atoms with Gasteiger partial charge in [0.1, 0.15) is 23.9 Å². The fourth-order valence-corrected chi connectivity index (χ4v) is 9.22. The van der Waals surface area contributed by atoms with E-state index in [-0.39, 0.29) is 24.0 Å². The molecule has 3 amide bonds. The number of amides is 3. The number of aromatic nitrogens is 4. The van der Waals surface area contributed by atoms with Crippen LogP contribution in [-0.2, 0) is 14.3 Å². The second kappa shape index (κ2) is 16.6. The number of nitrogens with one attached hydrogen (secondary N) is 4. The number of alkyl carbamates (subject to hydrolysis) is 2. The Morgan fingerprint density at radius 3 is 2.40 bits per heavy atom. The molecule has 308 valence electrons. The fraction of sp³-hybridized carbons (Fsp3) is 0.326. The highest BCUT2D eigenvalue weighted by molar-refractivity contribution is 5.90. The van der Waals surface area contributed by atoms with Crippen molar-refractivity contribution in [3.05, 3.63) is 119 Å². The zero-order valence-corrected chi connectivity index (χ0v) is 33.5. The Labute approximate surface area is 347 Å². The molecule has 2 aromatic heterocycles. The highest BCUT2D eigenvalue weighted by Crippen LogP contribution is 2.41.